The fourth-order valence-electron chi connectivity index (χ4n) is 6.87. The SMILES string of the molecule is CC1(C)C[C@H](Nc2nc(Nc3ccc(O[C@@H]4CCN(C5COC5)C[C@H]4F)c(C(F)(F)F)c3)ncc2F)C[C@@H]2CCCN21. The zero-order valence-electron chi connectivity index (χ0n) is 23.8. The minimum Gasteiger partial charge on any atom is -0.487 e. The van der Waals surface area contributed by atoms with Gasteiger partial charge in [-0.3, -0.25) is 9.80 Å². The summed E-state index contributed by atoms with van der Waals surface area (Å²) in [4.78, 5) is 12.7. The Balaban J connectivity index is 1.15. The van der Waals surface area contributed by atoms with Gasteiger partial charge in [-0.1, -0.05) is 0 Å². The predicted octanol–water partition coefficient (Wildman–Crippen LogP) is 5.39. The Labute approximate surface area is 242 Å². The normalized spacial score (nSPS) is 28.6. The molecule has 42 heavy (non-hydrogen) atoms. The molecule has 1 aromatic carbocycles. The van der Waals surface area contributed by atoms with Gasteiger partial charge in [0.2, 0.25) is 5.95 Å². The van der Waals surface area contributed by atoms with Gasteiger partial charge >= 0.3 is 6.18 Å². The summed E-state index contributed by atoms with van der Waals surface area (Å²) in [5.41, 5.74) is -1.03. The lowest BCUT2D eigenvalue weighted by Crippen LogP contribution is -2.56. The Kier molecular flexibility index (Phi) is 7.94. The molecule has 2 aromatic rings. The topological polar surface area (TPSA) is 74.8 Å². The lowest BCUT2D eigenvalue weighted by atomic mass is 9.84. The van der Waals surface area contributed by atoms with Gasteiger partial charge in [0.15, 0.2) is 11.6 Å². The van der Waals surface area contributed by atoms with Crippen molar-refractivity contribution >= 4 is 17.5 Å². The monoisotopic (exact) mass is 596 g/mol. The number of ether oxygens (including phenoxy) is 2. The van der Waals surface area contributed by atoms with Gasteiger partial charge in [-0.05, 0) is 70.7 Å². The van der Waals surface area contributed by atoms with Crippen LogP contribution in [0.3, 0.4) is 0 Å². The number of halogens is 5. The number of hydrogen-bond acceptors (Lipinski definition) is 8. The van der Waals surface area contributed by atoms with Crippen molar-refractivity contribution in [3.05, 3.63) is 35.8 Å². The van der Waals surface area contributed by atoms with Gasteiger partial charge in [0.05, 0.1) is 31.0 Å². The van der Waals surface area contributed by atoms with E-state index in [1.54, 1.807) is 0 Å². The molecule has 4 atom stereocenters. The lowest BCUT2D eigenvalue weighted by Gasteiger charge is -2.47. The standard InChI is InChI=1S/C29H37F5N6O2/c1-28(2)12-18(10-19-4-3-8-40(19)28)36-26-22(30)13-35-27(38-26)37-17-5-6-24(21(11-17)29(32,33)34)42-25-7-9-39(14-23(25)31)20-15-41-16-20/h5-6,11,13,18-20,23,25H,3-4,7-10,12,14-16H2,1-2H3,(H2,35,36,37,38)/t18-,19+,23-,25-/m1/s1. The predicted molar refractivity (Wildman–Crippen MR) is 147 cm³/mol. The molecule has 0 unspecified atom stereocenters. The molecule has 6 rings (SSSR count). The Morgan fingerprint density at radius 1 is 1.12 bits per heavy atom. The van der Waals surface area contributed by atoms with Crippen LogP contribution in [0.2, 0.25) is 0 Å². The van der Waals surface area contributed by atoms with Crippen LogP contribution in [0.15, 0.2) is 24.4 Å². The highest BCUT2D eigenvalue weighted by atomic mass is 19.4. The highest BCUT2D eigenvalue weighted by Crippen LogP contribution is 2.41. The first kappa shape index (κ1) is 29.3. The summed E-state index contributed by atoms with van der Waals surface area (Å²) < 4.78 is 82.5. The van der Waals surface area contributed by atoms with E-state index in [1.165, 1.54) is 12.1 Å². The molecule has 0 bridgehead atoms. The Morgan fingerprint density at radius 3 is 2.64 bits per heavy atom. The second-order valence-electron chi connectivity index (χ2n) is 12.5. The van der Waals surface area contributed by atoms with Crippen LogP contribution in [-0.4, -0.2) is 88.6 Å². The quantitative estimate of drug-likeness (QED) is 0.413. The number of rotatable bonds is 7. The molecule has 4 saturated heterocycles. The molecule has 13 heteroatoms. The van der Waals surface area contributed by atoms with Crippen LogP contribution in [-0.2, 0) is 10.9 Å². The van der Waals surface area contributed by atoms with Crippen molar-refractivity contribution in [2.24, 2.45) is 0 Å². The van der Waals surface area contributed by atoms with E-state index < -0.39 is 35.6 Å². The summed E-state index contributed by atoms with van der Waals surface area (Å²) in [6, 6.07) is 4.01. The van der Waals surface area contributed by atoms with E-state index in [4.69, 9.17) is 9.47 Å². The molecule has 230 valence electrons. The maximum atomic E-state index is 14.9. The molecular weight excluding hydrogens is 559 g/mol. The van der Waals surface area contributed by atoms with Crippen molar-refractivity contribution in [1.29, 1.82) is 0 Å². The van der Waals surface area contributed by atoms with E-state index >= 15 is 0 Å². The fraction of sp³-hybridized carbons (Fsp3) is 0.655. The Morgan fingerprint density at radius 2 is 1.93 bits per heavy atom. The largest absolute Gasteiger partial charge is 0.487 e. The zero-order valence-corrected chi connectivity index (χ0v) is 23.8. The Bertz CT molecular complexity index is 1280. The van der Waals surface area contributed by atoms with Crippen LogP contribution in [0.4, 0.5) is 39.4 Å². The molecule has 0 radical (unpaired) electrons. The minimum atomic E-state index is -4.75. The summed E-state index contributed by atoms with van der Waals surface area (Å²) in [6.07, 6.45) is -1.99. The number of likely N-dealkylation sites (tertiary alicyclic amines) is 1. The van der Waals surface area contributed by atoms with Gasteiger partial charge in [0.25, 0.3) is 0 Å². The van der Waals surface area contributed by atoms with Crippen LogP contribution in [0.1, 0.15) is 51.5 Å². The first-order chi connectivity index (χ1) is 20.0. The van der Waals surface area contributed by atoms with Gasteiger partial charge in [0, 0.05) is 36.4 Å². The molecule has 2 N–H and O–H groups in total. The second-order valence-corrected chi connectivity index (χ2v) is 12.5. The van der Waals surface area contributed by atoms with E-state index in [0.717, 1.165) is 44.5 Å². The van der Waals surface area contributed by atoms with E-state index in [0.29, 0.717) is 25.8 Å². The first-order valence-electron chi connectivity index (χ1n) is 14.6. The minimum absolute atomic E-state index is 0.00175. The number of nitrogens with one attached hydrogen (secondary N) is 2. The molecule has 4 aliphatic heterocycles. The lowest BCUT2D eigenvalue weighted by molar-refractivity contribution is -0.140. The van der Waals surface area contributed by atoms with Crippen molar-refractivity contribution in [3.8, 4) is 5.75 Å². The van der Waals surface area contributed by atoms with E-state index in [2.05, 4.69) is 39.3 Å². The second kappa shape index (κ2) is 11.4. The summed E-state index contributed by atoms with van der Waals surface area (Å²) in [5, 5.41) is 5.98. The maximum absolute atomic E-state index is 14.9. The van der Waals surface area contributed by atoms with E-state index in [-0.39, 0.29) is 48.0 Å². The maximum Gasteiger partial charge on any atom is 0.420 e. The molecule has 0 saturated carbocycles. The van der Waals surface area contributed by atoms with Crippen molar-refractivity contribution < 1.29 is 31.4 Å². The fourth-order valence-corrected chi connectivity index (χ4v) is 6.87. The zero-order chi connectivity index (χ0) is 29.6. The molecule has 4 aliphatic rings. The highest BCUT2D eigenvalue weighted by molar-refractivity contribution is 5.59. The van der Waals surface area contributed by atoms with Crippen LogP contribution in [0.25, 0.3) is 0 Å². The molecule has 1 aromatic heterocycles. The van der Waals surface area contributed by atoms with Crippen molar-refractivity contribution in [3.63, 3.8) is 0 Å². The van der Waals surface area contributed by atoms with Crippen LogP contribution in [0, 0.1) is 5.82 Å². The summed E-state index contributed by atoms with van der Waals surface area (Å²) in [7, 11) is 0. The van der Waals surface area contributed by atoms with Crippen molar-refractivity contribution in [2.45, 2.75) is 88.1 Å². The average molecular weight is 597 g/mol. The van der Waals surface area contributed by atoms with Gasteiger partial charge < -0.3 is 20.1 Å². The van der Waals surface area contributed by atoms with E-state index in [9.17, 15) is 22.0 Å². The molecular formula is C29H37F5N6O2. The van der Waals surface area contributed by atoms with Gasteiger partial charge in [-0.2, -0.15) is 18.2 Å². The summed E-state index contributed by atoms with van der Waals surface area (Å²) in [5.74, 6) is -1.12. The molecule has 4 fully saturated rings. The number of anilines is 3. The molecule has 0 amide bonds. The summed E-state index contributed by atoms with van der Waals surface area (Å²) in [6.45, 7) is 7.14. The number of piperidine rings is 2. The van der Waals surface area contributed by atoms with Crippen LogP contribution < -0.4 is 15.4 Å². The first-order valence-corrected chi connectivity index (χ1v) is 14.6. The third kappa shape index (κ3) is 6.14. The smallest absolute Gasteiger partial charge is 0.420 e. The molecule has 5 heterocycles. The number of fused-ring (bicyclic) bond motifs is 1. The average Bonchev–Trinajstić information content (AvgIpc) is 3.36. The van der Waals surface area contributed by atoms with Crippen LogP contribution >= 0.6 is 0 Å². The van der Waals surface area contributed by atoms with E-state index in [1.807, 2.05) is 4.90 Å². The van der Waals surface area contributed by atoms with Gasteiger partial charge in [-0.15, -0.1) is 0 Å². The molecule has 0 aliphatic carbocycles. The highest BCUT2D eigenvalue weighted by Gasteiger charge is 2.43. The number of nitrogens with zero attached hydrogens (tertiary/aromatic N) is 4. The number of aromatic nitrogens is 2. The Hall–Kier alpha value is -2.77. The molecule has 8 nitrogen and oxygen atoms in total. The van der Waals surface area contributed by atoms with Gasteiger partial charge in [0.1, 0.15) is 18.0 Å². The third-order valence-corrected chi connectivity index (χ3v) is 9.01. The van der Waals surface area contributed by atoms with Gasteiger partial charge in [-0.25, -0.2) is 13.8 Å². The van der Waals surface area contributed by atoms with Crippen molar-refractivity contribution in [2.75, 3.05) is 43.5 Å². The summed E-state index contributed by atoms with van der Waals surface area (Å²) >= 11 is 0. The van der Waals surface area contributed by atoms with Crippen LogP contribution in [0.5, 0.6) is 5.75 Å². The number of alkyl halides is 4. The molecule has 0 spiro atoms. The number of benzene rings is 1. The number of hydrogen-bond donors (Lipinski definition) is 2. The van der Waals surface area contributed by atoms with Crippen molar-refractivity contribution in [1.82, 2.24) is 19.8 Å². The third-order valence-electron chi connectivity index (χ3n) is 9.01.